The summed E-state index contributed by atoms with van der Waals surface area (Å²) in [4.78, 5) is 151. The largest absolute Gasteiger partial charge is 0.494 e. The van der Waals surface area contributed by atoms with E-state index in [0.29, 0.717) is 124 Å². The molecule has 3 saturated heterocycles. The molecule has 3 aliphatic heterocycles. The van der Waals surface area contributed by atoms with E-state index < -0.39 is 40.9 Å². The number of Topliss-reactive ketones (excluding diaryl/α,β-unsaturated/α-hetero) is 3. The highest BCUT2D eigenvalue weighted by Crippen LogP contribution is 2.35. The van der Waals surface area contributed by atoms with Crippen molar-refractivity contribution in [3.8, 4) is 17.4 Å². The normalized spacial score (nSPS) is 13.8. The number of aromatic amines is 3. The standard InChI is InChI=1S/C25H25N7O4.C23H20FN7O3.C22H22N4O5/c1-16-28-15-32(29-16)14-19-22-21(20(36-2)13-26-19)18(12-27-22)23(33)25(35)31-10-8-30(9-11-31)24(34)17-6-4-3-5-7-17;24-17-13-25-18(14-31-7-6-27-28-31)20-19(17)16(12-26-20)21(32)23(34)30-10-8-29(9-11-30)22(33)15-4-2-1-3-5-15;1-30-16-13-24-20(31-2)18-17(16)15(12-23-18)19(27)22(29)26-10-8-25(9-11-26)21(28)14-6-4-3-5-7-14/h3-7,12-13,15,27H,8-11,14H2,1-2H3;1-7,12-13,26H,8-11,14H2;3-7,12-13,23H,8-11H2,1-2H3. The molecule has 0 bridgehead atoms. The van der Waals surface area contributed by atoms with Crippen molar-refractivity contribution in [3.63, 3.8) is 0 Å². The zero-order valence-corrected chi connectivity index (χ0v) is 55.2. The second-order valence-corrected chi connectivity index (χ2v) is 23.4. The summed E-state index contributed by atoms with van der Waals surface area (Å²) in [5.41, 5.74) is 4.63. The Morgan fingerprint density at radius 3 is 1.22 bits per heavy atom. The number of rotatable bonds is 16. The number of hydrogen-bond donors (Lipinski definition) is 3. The molecule has 0 saturated carbocycles. The van der Waals surface area contributed by atoms with Crippen LogP contribution >= 0.6 is 0 Å². The monoisotopic (exact) mass is 1370 g/mol. The molecule has 11 heterocycles. The van der Waals surface area contributed by atoms with Crippen LogP contribution in [0.1, 0.15) is 79.4 Å². The minimum absolute atomic E-state index is 0.0151. The number of hydrogen-bond acceptors (Lipinski definition) is 19. The third-order valence-electron chi connectivity index (χ3n) is 17.5. The number of nitrogens with one attached hydrogen (secondary N) is 3. The van der Waals surface area contributed by atoms with E-state index in [1.165, 1.54) is 77.9 Å². The molecule has 101 heavy (non-hydrogen) atoms. The first-order valence-electron chi connectivity index (χ1n) is 32.0. The molecule has 0 atom stereocenters. The van der Waals surface area contributed by atoms with Crippen molar-refractivity contribution < 1.29 is 61.8 Å². The van der Waals surface area contributed by atoms with Crippen LogP contribution in [0.5, 0.6) is 17.4 Å². The highest BCUT2D eigenvalue weighted by atomic mass is 19.1. The lowest BCUT2D eigenvalue weighted by molar-refractivity contribution is -0.128. The quantitative estimate of drug-likeness (QED) is 0.0851. The fourth-order valence-corrected chi connectivity index (χ4v) is 12.2. The lowest BCUT2D eigenvalue weighted by Crippen LogP contribution is -2.52. The minimum Gasteiger partial charge on any atom is -0.494 e. The topological polar surface area (TPSA) is 348 Å². The maximum absolute atomic E-state index is 14.7. The van der Waals surface area contributed by atoms with Crippen molar-refractivity contribution in [2.24, 2.45) is 0 Å². The average Bonchev–Trinajstić information content (AvgIpc) is 1.67. The van der Waals surface area contributed by atoms with Crippen LogP contribution in [0, 0.1) is 12.7 Å². The first-order chi connectivity index (χ1) is 49.0. The second kappa shape index (κ2) is 30.3. The van der Waals surface area contributed by atoms with Crippen LogP contribution in [0.25, 0.3) is 32.7 Å². The van der Waals surface area contributed by atoms with Gasteiger partial charge in [-0.05, 0) is 43.3 Å². The maximum Gasteiger partial charge on any atom is 0.295 e. The molecule has 3 aliphatic rings. The predicted octanol–water partition coefficient (Wildman–Crippen LogP) is 4.94. The first kappa shape index (κ1) is 68.1. The van der Waals surface area contributed by atoms with Gasteiger partial charge in [0, 0.05) is 120 Å². The van der Waals surface area contributed by atoms with Crippen LogP contribution < -0.4 is 14.2 Å². The number of halogens is 1. The highest BCUT2D eigenvalue weighted by molar-refractivity contribution is 6.46. The van der Waals surface area contributed by atoms with Gasteiger partial charge in [-0.15, -0.1) is 5.10 Å². The van der Waals surface area contributed by atoms with Gasteiger partial charge in [-0.3, -0.25) is 53.1 Å². The van der Waals surface area contributed by atoms with Gasteiger partial charge in [0.25, 0.3) is 52.8 Å². The summed E-state index contributed by atoms with van der Waals surface area (Å²) in [5.74, 6) is -3.37. The molecule has 3 aromatic carbocycles. The van der Waals surface area contributed by atoms with E-state index >= 15 is 0 Å². The lowest BCUT2D eigenvalue weighted by atomic mass is 10.1. The number of nitrogens with zero attached hydrogens (tertiary/aromatic N) is 15. The van der Waals surface area contributed by atoms with Gasteiger partial charge in [-0.25, -0.2) is 23.7 Å². The van der Waals surface area contributed by atoms with Crippen molar-refractivity contribution in [2.75, 3.05) is 99.9 Å². The van der Waals surface area contributed by atoms with E-state index in [1.54, 1.807) is 87.4 Å². The number of ether oxygens (including phenoxy) is 3. The Bertz CT molecular complexity index is 4900. The van der Waals surface area contributed by atoms with Crippen LogP contribution in [0.4, 0.5) is 4.39 Å². The number of pyridine rings is 3. The van der Waals surface area contributed by atoms with Crippen LogP contribution in [0.2, 0.25) is 0 Å². The molecule has 3 N–H and O–H groups in total. The Morgan fingerprint density at radius 2 is 0.822 bits per heavy atom. The van der Waals surface area contributed by atoms with Gasteiger partial charge in [0.05, 0.1) is 114 Å². The van der Waals surface area contributed by atoms with Gasteiger partial charge in [0.2, 0.25) is 5.88 Å². The third kappa shape index (κ3) is 14.5. The summed E-state index contributed by atoms with van der Waals surface area (Å²) < 4.78 is 33.8. The highest BCUT2D eigenvalue weighted by Gasteiger charge is 2.35. The molecule has 30 nitrogen and oxygen atoms in total. The van der Waals surface area contributed by atoms with E-state index in [4.69, 9.17) is 14.2 Å². The Kier molecular flexibility index (Phi) is 20.4. The Morgan fingerprint density at radius 1 is 0.446 bits per heavy atom. The molecule has 11 aromatic rings. The Labute approximate surface area is 574 Å². The zero-order chi connectivity index (χ0) is 70.8. The fourth-order valence-electron chi connectivity index (χ4n) is 12.2. The second-order valence-electron chi connectivity index (χ2n) is 23.4. The number of ketones is 3. The molecule has 8 aromatic heterocycles. The molecule has 31 heteroatoms. The zero-order valence-electron chi connectivity index (χ0n) is 55.2. The van der Waals surface area contributed by atoms with Gasteiger partial charge in [-0.1, -0.05) is 59.8 Å². The number of benzene rings is 3. The predicted molar refractivity (Wildman–Crippen MR) is 361 cm³/mol. The average molecular weight is 1370 g/mol. The van der Waals surface area contributed by atoms with E-state index in [-0.39, 0.29) is 85.6 Å². The molecule has 3 fully saturated rings. The smallest absolute Gasteiger partial charge is 0.295 e. The number of carbonyl (C=O) groups excluding carboxylic acids is 9. The van der Waals surface area contributed by atoms with Crippen molar-refractivity contribution in [2.45, 2.75) is 20.0 Å². The summed E-state index contributed by atoms with van der Waals surface area (Å²) in [6.07, 6.45) is 13.1. The van der Waals surface area contributed by atoms with E-state index in [9.17, 15) is 47.5 Å². The number of carbonyl (C=O) groups is 9. The molecule has 6 amide bonds. The molecule has 0 radical (unpaired) electrons. The van der Waals surface area contributed by atoms with Crippen molar-refractivity contribution in [3.05, 3.63) is 203 Å². The van der Waals surface area contributed by atoms with Crippen LogP contribution in [-0.2, 0) is 27.5 Å². The Balaban J connectivity index is 0.000000144. The van der Waals surface area contributed by atoms with Gasteiger partial charge in [0.1, 0.15) is 29.2 Å². The molecule has 0 aliphatic carbocycles. The number of amides is 6. The third-order valence-corrected chi connectivity index (χ3v) is 17.5. The van der Waals surface area contributed by atoms with E-state index in [1.807, 2.05) is 42.5 Å². The molecule has 14 rings (SSSR count). The Hall–Kier alpha value is -12.8. The number of H-pyrrole nitrogens is 3. The van der Waals surface area contributed by atoms with Crippen LogP contribution in [0.15, 0.2) is 147 Å². The summed E-state index contributed by atoms with van der Waals surface area (Å²) >= 11 is 0. The maximum atomic E-state index is 14.7. The summed E-state index contributed by atoms with van der Waals surface area (Å²) in [7, 11) is 4.43. The van der Waals surface area contributed by atoms with Gasteiger partial charge < -0.3 is 58.6 Å². The molecule has 0 unspecified atom stereocenters. The number of piperazine rings is 3. The fraction of sp³-hybridized carbons (Fsp3) is 0.257. The number of aryl methyl sites for hydroxylation is 1. The summed E-state index contributed by atoms with van der Waals surface area (Å²) in [6, 6.07) is 26.9. The summed E-state index contributed by atoms with van der Waals surface area (Å²) in [6.45, 7) is 5.96. The van der Waals surface area contributed by atoms with Gasteiger partial charge in [-0.2, -0.15) is 5.10 Å². The first-order valence-corrected chi connectivity index (χ1v) is 32.0. The van der Waals surface area contributed by atoms with E-state index in [0.717, 1.165) is 6.20 Å². The van der Waals surface area contributed by atoms with Crippen molar-refractivity contribution in [1.82, 2.24) is 89.1 Å². The number of aromatic nitrogens is 12. The molecular weight excluding hydrogens is 1300 g/mol. The molecule has 0 spiro atoms. The van der Waals surface area contributed by atoms with Gasteiger partial charge >= 0.3 is 0 Å². The molecule has 516 valence electrons. The number of methoxy groups -OCH3 is 3. The van der Waals surface area contributed by atoms with Crippen molar-refractivity contribution >= 4 is 85.5 Å². The minimum atomic E-state index is -0.814. The van der Waals surface area contributed by atoms with Crippen molar-refractivity contribution in [1.29, 1.82) is 0 Å². The lowest BCUT2D eigenvalue weighted by Gasteiger charge is -2.34. The van der Waals surface area contributed by atoms with Gasteiger partial charge in [0.15, 0.2) is 5.82 Å². The van der Waals surface area contributed by atoms with Crippen LogP contribution in [0.3, 0.4) is 0 Å². The molecular formula is C70H67FN18O12. The number of fused-ring (bicyclic) bond motifs is 3. The summed E-state index contributed by atoms with van der Waals surface area (Å²) in [5, 5.41) is 12.9. The van der Waals surface area contributed by atoms with E-state index in [2.05, 4.69) is 50.3 Å². The van der Waals surface area contributed by atoms with Crippen LogP contribution in [-0.4, -0.2) is 242 Å². The SMILES string of the molecule is COc1cnc(Cn2cnc(C)n2)c2[nH]cc(C(=O)C(=O)N3CCN(C(=O)c4ccccc4)CC3)c12.COc1ncc(OC)c2c(C(=O)C(=O)N3CCN(C(=O)c4ccccc4)CC3)c[nH]c12.O=C(C(=O)N1CCN(C(=O)c2ccccc2)CC1)c1c[nH]c2c(Cn3ccnn3)ncc(F)c12.